The molecule has 0 amide bonds. The molecule has 0 N–H and O–H groups in total. The van der Waals surface area contributed by atoms with E-state index in [1.807, 2.05) is 0 Å². The van der Waals surface area contributed by atoms with Crippen molar-refractivity contribution in [3.05, 3.63) is 19.1 Å². The lowest BCUT2D eigenvalue weighted by atomic mass is 10.1. The molecule has 0 heterocycles. The lowest BCUT2D eigenvalue weighted by Crippen LogP contribution is -1.87. The van der Waals surface area contributed by atoms with Gasteiger partial charge in [0, 0.05) is 0 Å². The van der Waals surface area contributed by atoms with Crippen LogP contribution in [-0.2, 0) is 0 Å². The quantitative estimate of drug-likeness (QED) is 0.510. The first kappa shape index (κ1) is 9.74. The summed E-state index contributed by atoms with van der Waals surface area (Å²) in [7, 11) is 0. The average Bonchev–Trinajstić information content (AvgIpc) is 1.98. The molecule has 0 aliphatic heterocycles. The molecule has 1 unspecified atom stereocenters. The Bertz CT molecular complexity index is 82.0. The molecular formula is C10H19. The fourth-order valence-corrected chi connectivity index (χ4v) is 0.731. The van der Waals surface area contributed by atoms with Crippen LogP contribution in [0.1, 0.15) is 39.5 Å². The minimum absolute atomic E-state index is 0.848. The van der Waals surface area contributed by atoms with E-state index in [9.17, 15) is 0 Å². The van der Waals surface area contributed by atoms with Gasteiger partial charge in [0.15, 0.2) is 0 Å². The van der Waals surface area contributed by atoms with E-state index in [1.165, 1.54) is 12.8 Å². The van der Waals surface area contributed by atoms with E-state index < -0.39 is 0 Å². The van der Waals surface area contributed by atoms with Gasteiger partial charge in [0.05, 0.1) is 0 Å². The predicted molar refractivity (Wildman–Crippen MR) is 47.8 cm³/mol. The van der Waals surface area contributed by atoms with Crippen molar-refractivity contribution in [3.8, 4) is 0 Å². The molecule has 0 heteroatoms. The zero-order chi connectivity index (χ0) is 7.82. The third-order valence-electron chi connectivity index (χ3n) is 1.77. The summed E-state index contributed by atoms with van der Waals surface area (Å²) in [6.45, 7) is 8.29. The molecule has 10 heavy (non-hydrogen) atoms. The van der Waals surface area contributed by atoms with E-state index in [0.29, 0.717) is 0 Å². The van der Waals surface area contributed by atoms with Gasteiger partial charge in [-0.3, -0.25) is 0 Å². The molecule has 0 aromatic rings. The third-order valence-corrected chi connectivity index (χ3v) is 1.77. The predicted octanol–water partition coefficient (Wildman–Crippen LogP) is 3.59. The van der Waals surface area contributed by atoms with Gasteiger partial charge in [0.1, 0.15) is 0 Å². The Kier molecular flexibility index (Phi) is 6.68. The number of rotatable bonds is 5. The first-order valence-electron chi connectivity index (χ1n) is 4.25. The molecule has 0 aromatic heterocycles. The molecule has 0 aliphatic rings. The Balaban J connectivity index is 3.16. The summed E-state index contributed by atoms with van der Waals surface area (Å²) in [5.74, 6) is 0.848. The van der Waals surface area contributed by atoms with Crippen molar-refractivity contribution < 1.29 is 0 Å². The second kappa shape index (κ2) is 6.85. The van der Waals surface area contributed by atoms with Crippen molar-refractivity contribution in [1.29, 1.82) is 0 Å². The molecule has 0 aliphatic carbocycles. The van der Waals surface area contributed by atoms with Gasteiger partial charge in [0.2, 0.25) is 0 Å². The molecule has 1 atom stereocenters. The topological polar surface area (TPSA) is 0 Å². The van der Waals surface area contributed by atoms with Gasteiger partial charge in [-0.2, -0.15) is 0 Å². The second-order valence-corrected chi connectivity index (χ2v) is 2.86. The zero-order valence-corrected chi connectivity index (χ0v) is 7.27. The van der Waals surface area contributed by atoms with Gasteiger partial charge in [-0.05, 0) is 25.2 Å². The van der Waals surface area contributed by atoms with Crippen LogP contribution in [0.3, 0.4) is 0 Å². The van der Waals surface area contributed by atoms with Gasteiger partial charge in [-0.1, -0.05) is 39.3 Å². The second-order valence-electron chi connectivity index (χ2n) is 2.86. The van der Waals surface area contributed by atoms with E-state index in [0.717, 1.165) is 18.8 Å². The molecular weight excluding hydrogens is 120 g/mol. The van der Waals surface area contributed by atoms with Gasteiger partial charge in [-0.25, -0.2) is 0 Å². The fourth-order valence-electron chi connectivity index (χ4n) is 0.731. The Hall–Kier alpha value is -0.260. The van der Waals surface area contributed by atoms with Crippen LogP contribution in [0.15, 0.2) is 12.2 Å². The van der Waals surface area contributed by atoms with Crippen LogP contribution in [0.25, 0.3) is 0 Å². The molecule has 0 saturated heterocycles. The van der Waals surface area contributed by atoms with Gasteiger partial charge >= 0.3 is 0 Å². The Morgan fingerprint density at radius 3 is 2.60 bits per heavy atom. The maximum absolute atomic E-state index is 3.77. The average molecular weight is 139 g/mol. The van der Waals surface area contributed by atoms with Crippen molar-refractivity contribution in [2.75, 3.05) is 0 Å². The number of hydrogen-bond acceptors (Lipinski definition) is 0. The van der Waals surface area contributed by atoms with Crippen LogP contribution in [0, 0.1) is 12.8 Å². The van der Waals surface area contributed by atoms with E-state index in [1.54, 1.807) is 0 Å². The molecule has 0 nitrogen and oxygen atoms in total. The summed E-state index contributed by atoms with van der Waals surface area (Å²) >= 11 is 0. The van der Waals surface area contributed by atoms with Crippen molar-refractivity contribution in [3.63, 3.8) is 0 Å². The maximum Gasteiger partial charge on any atom is -0.0325 e. The lowest BCUT2D eigenvalue weighted by Gasteiger charge is -2.01. The minimum atomic E-state index is 0.848. The smallest absolute Gasteiger partial charge is 0.0325 e. The van der Waals surface area contributed by atoms with Crippen LogP contribution < -0.4 is 0 Å². The molecule has 0 rings (SSSR count). The van der Waals surface area contributed by atoms with Crippen molar-refractivity contribution >= 4 is 0 Å². The van der Waals surface area contributed by atoms with Crippen LogP contribution in [0.2, 0.25) is 0 Å². The molecule has 0 spiro atoms. The largest absolute Gasteiger partial charge is 0.0885 e. The zero-order valence-electron chi connectivity index (χ0n) is 7.27. The van der Waals surface area contributed by atoms with Crippen molar-refractivity contribution in [2.24, 2.45) is 5.92 Å². The molecule has 0 aromatic carbocycles. The highest BCUT2D eigenvalue weighted by molar-refractivity contribution is 4.82. The van der Waals surface area contributed by atoms with Gasteiger partial charge in [-0.15, -0.1) is 0 Å². The Morgan fingerprint density at radius 2 is 2.10 bits per heavy atom. The van der Waals surface area contributed by atoms with Crippen LogP contribution in [0.4, 0.5) is 0 Å². The van der Waals surface area contributed by atoms with Crippen LogP contribution >= 0.6 is 0 Å². The highest BCUT2D eigenvalue weighted by Crippen LogP contribution is 2.06. The highest BCUT2D eigenvalue weighted by atomic mass is 14.0. The first-order valence-corrected chi connectivity index (χ1v) is 4.25. The first-order chi connectivity index (χ1) is 4.81. The normalized spacial score (nSPS) is 14.3. The van der Waals surface area contributed by atoms with E-state index in [-0.39, 0.29) is 0 Å². The summed E-state index contributed by atoms with van der Waals surface area (Å²) < 4.78 is 0. The Labute approximate surface area is 65.3 Å². The van der Waals surface area contributed by atoms with E-state index in [4.69, 9.17) is 0 Å². The monoisotopic (exact) mass is 139 g/mol. The van der Waals surface area contributed by atoms with Crippen molar-refractivity contribution in [2.45, 2.75) is 39.5 Å². The van der Waals surface area contributed by atoms with E-state index in [2.05, 4.69) is 32.9 Å². The fraction of sp³-hybridized carbons (Fsp3) is 0.700. The summed E-state index contributed by atoms with van der Waals surface area (Å²) in [5.41, 5.74) is 0. The molecule has 59 valence electrons. The van der Waals surface area contributed by atoms with E-state index >= 15 is 0 Å². The summed E-state index contributed by atoms with van der Waals surface area (Å²) in [6, 6.07) is 0. The molecule has 0 fully saturated rings. The molecule has 1 radical (unpaired) electrons. The maximum atomic E-state index is 3.77. The number of allylic oxidation sites excluding steroid dienone is 2. The Morgan fingerprint density at radius 1 is 1.40 bits per heavy atom. The molecule has 0 bridgehead atoms. The number of hydrogen-bond donors (Lipinski definition) is 0. The van der Waals surface area contributed by atoms with Crippen LogP contribution in [0.5, 0.6) is 0 Å². The highest BCUT2D eigenvalue weighted by Gasteiger charge is 1.92. The molecule has 0 saturated carbocycles. The third kappa shape index (κ3) is 5.87. The minimum Gasteiger partial charge on any atom is -0.0885 e. The summed E-state index contributed by atoms with van der Waals surface area (Å²) in [5, 5.41) is 0. The summed E-state index contributed by atoms with van der Waals surface area (Å²) in [4.78, 5) is 0. The number of unbranched alkanes of at least 4 members (excludes halogenated alkanes) is 1. The SMILES string of the molecule is [CH2]CCC=CCC(C)CC. The van der Waals surface area contributed by atoms with Crippen LogP contribution in [-0.4, -0.2) is 0 Å². The van der Waals surface area contributed by atoms with Gasteiger partial charge in [0.25, 0.3) is 0 Å². The summed E-state index contributed by atoms with van der Waals surface area (Å²) in [6.07, 6.45) is 9.19. The van der Waals surface area contributed by atoms with Gasteiger partial charge < -0.3 is 0 Å². The lowest BCUT2D eigenvalue weighted by molar-refractivity contribution is 0.571. The van der Waals surface area contributed by atoms with Crippen molar-refractivity contribution in [1.82, 2.24) is 0 Å². The standard InChI is InChI=1S/C10H19/c1-4-6-7-8-9-10(3)5-2/h7-8,10H,1,4-6,9H2,2-3H3.